The van der Waals surface area contributed by atoms with E-state index in [1.54, 1.807) is 12.1 Å². The van der Waals surface area contributed by atoms with E-state index in [0.717, 1.165) is 11.3 Å². The van der Waals surface area contributed by atoms with Crippen molar-refractivity contribution in [1.29, 1.82) is 0 Å². The topological polar surface area (TPSA) is 49.7 Å². The van der Waals surface area contributed by atoms with Gasteiger partial charge in [-0.05, 0) is 36.8 Å². The Kier molecular flexibility index (Phi) is 4.94. The molecule has 1 saturated heterocycles. The molecule has 2 atom stereocenters. The van der Waals surface area contributed by atoms with E-state index < -0.39 is 9.84 Å². The Balaban J connectivity index is 1.72. The van der Waals surface area contributed by atoms with Crippen LogP contribution in [0.15, 0.2) is 47.5 Å². The normalized spacial score (nSPS) is 23.1. The number of halogens is 2. The van der Waals surface area contributed by atoms with Crippen LogP contribution < -0.4 is 4.90 Å². The van der Waals surface area contributed by atoms with Gasteiger partial charge in [0.25, 0.3) is 0 Å². The first-order valence-electron chi connectivity index (χ1n) is 8.54. The number of anilines is 1. The van der Waals surface area contributed by atoms with E-state index >= 15 is 0 Å². The van der Waals surface area contributed by atoms with Gasteiger partial charge in [0.05, 0.1) is 24.1 Å². The molecule has 142 valence electrons. The molecule has 0 radical (unpaired) electrons. The summed E-state index contributed by atoms with van der Waals surface area (Å²) in [6.07, 6.45) is 0. The molecule has 0 bridgehead atoms. The van der Waals surface area contributed by atoms with Crippen molar-refractivity contribution in [3.8, 4) is 0 Å². The molecule has 0 saturated carbocycles. The average Bonchev–Trinajstić information content (AvgIpc) is 3.08. The van der Waals surface area contributed by atoms with E-state index in [2.05, 4.69) is 4.99 Å². The molecule has 4 nitrogen and oxygen atoms in total. The lowest BCUT2D eigenvalue weighted by molar-refractivity contribution is 0.601. The summed E-state index contributed by atoms with van der Waals surface area (Å²) >= 11 is 7.69. The molecule has 0 unspecified atom stereocenters. The van der Waals surface area contributed by atoms with Crippen LogP contribution in [0.3, 0.4) is 0 Å². The number of fused-ring (bicyclic) bond motifs is 1. The van der Waals surface area contributed by atoms with Gasteiger partial charge >= 0.3 is 0 Å². The molecule has 2 aromatic rings. The maximum atomic E-state index is 14.4. The number of hydrogen-bond acceptors (Lipinski definition) is 5. The van der Waals surface area contributed by atoms with Crippen LogP contribution >= 0.6 is 23.4 Å². The van der Waals surface area contributed by atoms with Crippen LogP contribution in [0.2, 0.25) is 5.02 Å². The average molecular weight is 425 g/mol. The number of rotatable bonds is 3. The molecular weight excluding hydrogens is 407 g/mol. The molecule has 2 aliphatic heterocycles. The van der Waals surface area contributed by atoms with E-state index in [1.165, 1.54) is 17.8 Å². The molecule has 4 rings (SSSR count). The molecule has 27 heavy (non-hydrogen) atoms. The Bertz CT molecular complexity index is 1010. The molecule has 0 amide bonds. The summed E-state index contributed by atoms with van der Waals surface area (Å²) in [7, 11) is -3.03. The van der Waals surface area contributed by atoms with E-state index in [0.29, 0.717) is 15.8 Å². The lowest BCUT2D eigenvalue weighted by Crippen LogP contribution is -2.28. The summed E-state index contributed by atoms with van der Waals surface area (Å²) in [4.78, 5) is 6.59. The quantitative estimate of drug-likeness (QED) is 0.745. The van der Waals surface area contributed by atoms with Gasteiger partial charge in [0.15, 0.2) is 15.0 Å². The number of aliphatic imine (C=N–C) groups is 1. The molecular formula is C19H18ClFN2O2S2. The van der Waals surface area contributed by atoms with Crippen LogP contribution in [0.4, 0.5) is 10.1 Å². The second-order valence-electron chi connectivity index (χ2n) is 6.84. The van der Waals surface area contributed by atoms with Crippen molar-refractivity contribution < 1.29 is 12.8 Å². The van der Waals surface area contributed by atoms with Crippen molar-refractivity contribution >= 4 is 44.1 Å². The zero-order chi connectivity index (χ0) is 19.2. The lowest BCUT2D eigenvalue weighted by atomic mass is 10.1. The van der Waals surface area contributed by atoms with Crippen molar-refractivity contribution in [2.45, 2.75) is 24.8 Å². The van der Waals surface area contributed by atoms with Crippen LogP contribution in [-0.4, -0.2) is 36.4 Å². The first-order valence-corrected chi connectivity index (χ1v) is 11.6. The molecule has 2 aliphatic rings. The highest BCUT2D eigenvalue weighted by Gasteiger charge is 2.44. The molecule has 0 spiro atoms. The number of sulfone groups is 1. The SMILES string of the molecule is Cc1cccc(N(Cc2c(F)cccc2Cl)C2=N[C@@H]3CS(=O)(=O)C[C@@H]3S2)c1. The van der Waals surface area contributed by atoms with Gasteiger partial charge in [-0.25, -0.2) is 12.8 Å². The highest BCUT2D eigenvalue weighted by Crippen LogP contribution is 2.38. The molecule has 2 heterocycles. The van der Waals surface area contributed by atoms with Gasteiger partial charge in [-0.3, -0.25) is 4.99 Å². The van der Waals surface area contributed by atoms with Gasteiger partial charge in [-0.15, -0.1) is 0 Å². The van der Waals surface area contributed by atoms with E-state index in [4.69, 9.17) is 11.6 Å². The zero-order valence-corrected chi connectivity index (χ0v) is 17.0. The third-order valence-electron chi connectivity index (χ3n) is 4.73. The summed E-state index contributed by atoms with van der Waals surface area (Å²) in [6, 6.07) is 12.3. The lowest BCUT2D eigenvalue weighted by Gasteiger charge is -2.25. The van der Waals surface area contributed by atoms with Crippen molar-refractivity contribution in [2.75, 3.05) is 16.4 Å². The Hall–Kier alpha value is -1.57. The Morgan fingerprint density at radius 1 is 1.26 bits per heavy atom. The fourth-order valence-electron chi connectivity index (χ4n) is 3.38. The van der Waals surface area contributed by atoms with Gasteiger partial charge in [-0.2, -0.15) is 0 Å². The summed E-state index contributed by atoms with van der Waals surface area (Å²) in [6.45, 7) is 2.22. The number of amidine groups is 1. The van der Waals surface area contributed by atoms with Crippen LogP contribution in [0.1, 0.15) is 11.1 Å². The second-order valence-corrected chi connectivity index (χ2v) is 10.6. The maximum Gasteiger partial charge on any atom is 0.164 e. The van der Waals surface area contributed by atoms with Crippen LogP contribution in [0.5, 0.6) is 0 Å². The van der Waals surface area contributed by atoms with Gasteiger partial charge < -0.3 is 4.90 Å². The summed E-state index contributed by atoms with van der Waals surface area (Å²) < 4.78 is 38.1. The third-order valence-corrected chi connectivity index (χ3v) is 8.33. The highest BCUT2D eigenvalue weighted by molar-refractivity contribution is 8.15. The number of thioether (sulfide) groups is 1. The molecule has 1 fully saturated rings. The molecule has 0 aliphatic carbocycles. The van der Waals surface area contributed by atoms with Crippen LogP contribution in [-0.2, 0) is 16.4 Å². The zero-order valence-electron chi connectivity index (χ0n) is 14.6. The number of nitrogens with zero attached hydrogens (tertiary/aromatic N) is 2. The largest absolute Gasteiger partial charge is 0.317 e. The minimum atomic E-state index is -3.03. The fraction of sp³-hybridized carbons (Fsp3) is 0.316. The number of hydrogen-bond donors (Lipinski definition) is 0. The van der Waals surface area contributed by atoms with E-state index in [-0.39, 0.29) is 35.2 Å². The molecule has 0 aromatic heterocycles. The van der Waals surface area contributed by atoms with Crippen molar-refractivity contribution in [3.05, 3.63) is 64.4 Å². The first-order chi connectivity index (χ1) is 12.8. The standard InChI is InChI=1S/C19H18ClFN2O2S2/c1-12-4-2-5-13(8-12)23(9-14-15(20)6-3-7-16(14)21)19-22-17-10-27(24,25)11-18(17)26-19/h2-8,17-18H,9-11H2,1H3/t17-,18+/m1/s1. The van der Waals surface area contributed by atoms with Crippen molar-refractivity contribution in [1.82, 2.24) is 0 Å². The second kappa shape index (κ2) is 7.11. The van der Waals surface area contributed by atoms with Gasteiger partial charge in [0.2, 0.25) is 0 Å². The van der Waals surface area contributed by atoms with Gasteiger partial charge in [0, 0.05) is 21.5 Å². The summed E-state index contributed by atoms with van der Waals surface area (Å²) in [5.41, 5.74) is 2.35. The smallest absolute Gasteiger partial charge is 0.164 e. The van der Waals surface area contributed by atoms with Crippen LogP contribution in [0.25, 0.3) is 0 Å². The number of aryl methyl sites for hydroxylation is 1. The van der Waals surface area contributed by atoms with Crippen molar-refractivity contribution in [2.24, 2.45) is 4.99 Å². The summed E-state index contributed by atoms with van der Waals surface area (Å²) in [5.74, 6) is -0.153. The Labute approximate surface area is 167 Å². The van der Waals surface area contributed by atoms with Gasteiger partial charge in [-0.1, -0.05) is 41.6 Å². The predicted octanol–water partition coefficient (Wildman–Crippen LogP) is 4.06. The predicted molar refractivity (Wildman–Crippen MR) is 110 cm³/mol. The monoisotopic (exact) mass is 424 g/mol. The Morgan fingerprint density at radius 3 is 2.74 bits per heavy atom. The van der Waals surface area contributed by atoms with Crippen molar-refractivity contribution in [3.63, 3.8) is 0 Å². The van der Waals surface area contributed by atoms with E-state index in [9.17, 15) is 12.8 Å². The first kappa shape index (κ1) is 18.8. The third kappa shape index (κ3) is 3.86. The summed E-state index contributed by atoms with van der Waals surface area (Å²) in [5, 5.41) is 0.997. The van der Waals surface area contributed by atoms with E-state index in [1.807, 2.05) is 36.1 Å². The van der Waals surface area contributed by atoms with Crippen LogP contribution in [0, 0.1) is 12.7 Å². The van der Waals surface area contributed by atoms with Gasteiger partial charge in [0.1, 0.15) is 5.82 Å². The highest BCUT2D eigenvalue weighted by atomic mass is 35.5. The maximum absolute atomic E-state index is 14.4. The molecule has 8 heteroatoms. The molecule has 0 N–H and O–H groups in total. The minimum Gasteiger partial charge on any atom is -0.317 e. The Morgan fingerprint density at radius 2 is 2.04 bits per heavy atom. The fourth-order valence-corrected chi connectivity index (χ4v) is 7.38. The minimum absolute atomic E-state index is 0.0756. The number of benzene rings is 2. The molecule has 2 aromatic carbocycles.